The van der Waals surface area contributed by atoms with Gasteiger partial charge in [0.2, 0.25) is 11.8 Å². The Morgan fingerprint density at radius 3 is 2.40 bits per heavy atom. The fourth-order valence-electron chi connectivity index (χ4n) is 2.01. The molecule has 1 aliphatic rings. The van der Waals surface area contributed by atoms with Crippen LogP contribution in [0.5, 0.6) is 0 Å². The summed E-state index contributed by atoms with van der Waals surface area (Å²) < 4.78 is 0. The highest BCUT2D eigenvalue weighted by molar-refractivity contribution is 5.88. The highest BCUT2D eigenvalue weighted by Gasteiger charge is 2.41. The number of benzene rings is 1. The Kier molecular flexibility index (Phi) is 4.39. The average molecular weight is 276 g/mol. The van der Waals surface area contributed by atoms with Crippen LogP contribution in [-0.4, -0.2) is 30.1 Å². The van der Waals surface area contributed by atoms with Gasteiger partial charge in [-0.3, -0.25) is 9.59 Å². The minimum absolute atomic E-state index is 0.0444. The zero-order chi connectivity index (χ0) is 14.6. The first kappa shape index (κ1) is 14.5. The largest absolute Gasteiger partial charge is 0.396 e. The second-order valence-electron chi connectivity index (χ2n) is 5.49. The third kappa shape index (κ3) is 4.06. The van der Waals surface area contributed by atoms with Crippen molar-refractivity contribution < 1.29 is 14.7 Å². The van der Waals surface area contributed by atoms with E-state index in [0.29, 0.717) is 13.0 Å². The van der Waals surface area contributed by atoms with Crippen LogP contribution in [0.4, 0.5) is 5.69 Å². The van der Waals surface area contributed by atoms with Gasteiger partial charge in [-0.15, -0.1) is 0 Å². The predicted molar refractivity (Wildman–Crippen MR) is 76.2 cm³/mol. The van der Waals surface area contributed by atoms with Gasteiger partial charge in [0.05, 0.1) is 13.0 Å². The number of amides is 2. The molecule has 0 radical (unpaired) electrons. The standard InChI is InChI=1S/C15H20N2O3/c1-11(19)17-13-4-2-12(3-5-13)8-14(20)16-9-15(10-18)6-7-15/h2-5,18H,6-10H2,1H3,(H,16,20)(H,17,19). The van der Waals surface area contributed by atoms with Crippen molar-refractivity contribution in [1.82, 2.24) is 5.32 Å². The van der Waals surface area contributed by atoms with Crippen molar-refractivity contribution in [1.29, 1.82) is 0 Å². The number of hydrogen-bond acceptors (Lipinski definition) is 3. The zero-order valence-electron chi connectivity index (χ0n) is 11.6. The molecule has 0 aromatic heterocycles. The maximum atomic E-state index is 11.8. The van der Waals surface area contributed by atoms with Crippen molar-refractivity contribution in [2.45, 2.75) is 26.2 Å². The first-order valence-corrected chi connectivity index (χ1v) is 6.77. The molecule has 20 heavy (non-hydrogen) atoms. The van der Waals surface area contributed by atoms with Crippen LogP contribution in [0.2, 0.25) is 0 Å². The molecule has 1 aliphatic carbocycles. The first-order chi connectivity index (χ1) is 9.53. The van der Waals surface area contributed by atoms with Gasteiger partial charge >= 0.3 is 0 Å². The molecule has 0 aliphatic heterocycles. The summed E-state index contributed by atoms with van der Waals surface area (Å²) in [5, 5.41) is 14.7. The van der Waals surface area contributed by atoms with Crippen molar-refractivity contribution in [3.8, 4) is 0 Å². The Hall–Kier alpha value is -1.88. The van der Waals surface area contributed by atoms with E-state index in [-0.39, 0.29) is 23.8 Å². The van der Waals surface area contributed by atoms with Crippen LogP contribution >= 0.6 is 0 Å². The lowest BCUT2D eigenvalue weighted by Gasteiger charge is -2.12. The van der Waals surface area contributed by atoms with Crippen LogP contribution in [0.1, 0.15) is 25.3 Å². The zero-order valence-corrected chi connectivity index (χ0v) is 11.6. The number of hydrogen-bond donors (Lipinski definition) is 3. The lowest BCUT2D eigenvalue weighted by atomic mass is 10.1. The molecule has 2 amide bonds. The number of rotatable bonds is 6. The highest BCUT2D eigenvalue weighted by atomic mass is 16.3. The Morgan fingerprint density at radius 2 is 1.90 bits per heavy atom. The van der Waals surface area contributed by atoms with Gasteiger partial charge < -0.3 is 15.7 Å². The third-order valence-corrected chi connectivity index (χ3v) is 3.59. The molecular formula is C15H20N2O3. The molecule has 0 unspecified atom stereocenters. The van der Waals surface area contributed by atoms with E-state index in [1.165, 1.54) is 6.92 Å². The van der Waals surface area contributed by atoms with Gasteiger partial charge in [-0.05, 0) is 30.5 Å². The van der Waals surface area contributed by atoms with Crippen molar-refractivity contribution in [3.05, 3.63) is 29.8 Å². The molecule has 1 saturated carbocycles. The van der Waals surface area contributed by atoms with E-state index in [9.17, 15) is 14.7 Å². The minimum Gasteiger partial charge on any atom is -0.396 e. The van der Waals surface area contributed by atoms with Gasteiger partial charge in [-0.1, -0.05) is 12.1 Å². The van der Waals surface area contributed by atoms with E-state index < -0.39 is 0 Å². The number of aliphatic hydroxyl groups excluding tert-OH is 1. The topological polar surface area (TPSA) is 78.4 Å². The molecule has 0 atom stereocenters. The molecule has 0 saturated heterocycles. The van der Waals surface area contributed by atoms with Crippen LogP contribution in [0.25, 0.3) is 0 Å². The van der Waals surface area contributed by atoms with Gasteiger partial charge in [0, 0.05) is 24.6 Å². The summed E-state index contributed by atoms with van der Waals surface area (Å²) >= 11 is 0. The van der Waals surface area contributed by atoms with Crippen LogP contribution in [0, 0.1) is 5.41 Å². The average Bonchev–Trinajstić information content (AvgIpc) is 3.19. The van der Waals surface area contributed by atoms with E-state index in [2.05, 4.69) is 10.6 Å². The van der Waals surface area contributed by atoms with E-state index in [1.54, 1.807) is 12.1 Å². The van der Waals surface area contributed by atoms with Crippen molar-refractivity contribution in [2.24, 2.45) is 5.41 Å². The van der Waals surface area contributed by atoms with E-state index in [4.69, 9.17) is 0 Å². The molecule has 1 fully saturated rings. The highest BCUT2D eigenvalue weighted by Crippen LogP contribution is 2.44. The smallest absolute Gasteiger partial charge is 0.224 e. The fraction of sp³-hybridized carbons (Fsp3) is 0.467. The lowest BCUT2D eigenvalue weighted by Crippen LogP contribution is -2.32. The number of nitrogens with one attached hydrogen (secondary N) is 2. The maximum Gasteiger partial charge on any atom is 0.224 e. The van der Waals surface area contributed by atoms with E-state index >= 15 is 0 Å². The molecule has 5 nitrogen and oxygen atoms in total. The quantitative estimate of drug-likeness (QED) is 0.727. The van der Waals surface area contributed by atoms with Gasteiger partial charge in [0.25, 0.3) is 0 Å². The molecule has 108 valence electrons. The van der Waals surface area contributed by atoms with Crippen LogP contribution in [0.15, 0.2) is 24.3 Å². The molecule has 1 aromatic carbocycles. The van der Waals surface area contributed by atoms with Gasteiger partial charge in [-0.2, -0.15) is 0 Å². The second-order valence-corrected chi connectivity index (χ2v) is 5.49. The Balaban J connectivity index is 1.80. The monoisotopic (exact) mass is 276 g/mol. The molecule has 5 heteroatoms. The number of anilines is 1. The fourth-order valence-corrected chi connectivity index (χ4v) is 2.01. The third-order valence-electron chi connectivity index (χ3n) is 3.59. The van der Waals surface area contributed by atoms with Crippen molar-refractivity contribution in [2.75, 3.05) is 18.5 Å². The molecule has 1 aromatic rings. The van der Waals surface area contributed by atoms with Gasteiger partial charge in [0.15, 0.2) is 0 Å². The normalized spacial score (nSPS) is 15.5. The summed E-state index contributed by atoms with van der Waals surface area (Å²) in [6, 6.07) is 7.20. The second kappa shape index (κ2) is 6.05. The molecule has 0 spiro atoms. The molecule has 3 N–H and O–H groups in total. The van der Waals surface area contributed by atoms with Crippen LogP contribution in [0.3, 0.4) is 0 Å². The van der Waals surface area contributed by atoms with E-state index in [1.807, 2.05) is 12.1 Å². The van der Waals surface area contributed by atoms with Crippen molar-refractivity contribution in [3.63, 3.8) is 0 Å². The number of carbonyl (C=O) groups is 2. The molecular weight excluding hydrogens is 256 g/mol. The Bertz CT molecular complexity index is 492. The molecule has 2 rings (SSSR count). The summed E-state index contributed by atoms with van der Waals surface area (Å²) in [5.41, 5.74) is 1.55. The SMILES string of the molecule is CC(=O)Nc1ccc(CC(=O)NCC2(CO)CC2)cc1. The molecule has 0 heterocycles. The first-order valence-electron chi connectivity index (χ1n) is 6.77. The van der Waals surface area contributed by atoms with E-state index in [0.717, 1.165) is 24.1 Å². The summed E-state index contributed by atoms with van der Waals surface area (Å²) in [4.78, 5) is 22.7. The van der Waals surface area contributed by atoms with Crippen molar-refractivity contribution >= 4 is 17.5 Å². The summed E-state index contributed by atoms with van der Waals surface area (Å²) in [5.74, 6) is -0.161. The van der Waals surface area contributed by atoms with Crippen LogP contribution in [-0.2, 0) is 16.0 Å². The Morgan fingerprint density at radius 1 is 1.25 bits per heavy atom. The summed E-state index contributed by atoms with van der Waals surface area (Å²) in [6.45, 7) is 2.14. The summed E-state index contributed by atoms with van der Waals surface area (Å²) in [6.07, 6.45) is 2.27. The molecule has 0 bridgehead atoms. The van der Waals surface area contributed by atoms with Gasteiger partial charge in [0.1, 0.15) is 0 Å². The lowest BCUT2D eigenvalue weighted by molar-refractivity contribution is -0.120. The number of carbonyl (C=O) groups excluding carboxylic acids is 2. The van der Waals surface area contributed by atoms with Crippen LogP contribution < -0.4 is 10.6 Å². The van der Waals surface area contributed by atoms with Gasteiger partial charge in [-0.25, -0.2) is 0 Å². The minimum atomic E-state index is -0.116. The predicted octanol–water partition coefficient (Wildman–Crippen LogP) is 1.08. The summed E-state index contributed by atoms with van der Waals surface area (Å²) in [7, 11) is 0. The Labute approximate surface area is 118 Å². The maximum absolute atomic E-state index is 11.8. The number of aliphatic hydroxyl groups is 1.